The normalized spacial score (nSPS) is 12.2. The molecule has 0 aromatic heterocycles. The Hall–Kier alpha value is -1.06. The highest BCUT2D eigenvalue weighted by Gasteiger charge is 2.12. The Morgan fingerprint density at radius 2 is 1.43 bits per heavy atom. The minimum atomic E-state index is -0.314. The van der Waals surface area contributed by atoms with Gasteiger partial charge in [-0.1, -0.05) is 52.9 Å². The number of hydrogen-bond donors (Lipinski definition) is 0. The van der Waals surface area contributed by atoms with Gasteiger partial charge in [0, 0.05) is 0 Å². The van der Waals surface area contributed by atoms with Crippen molar-refractivity contribution in [1.82, 2.24) is 0 Å². The van der Waals surface area contributed by atoms with Gasteiger partial charge >= 0.3 is 11.9 Å². The van der Waals surface area contributed by atoms with Crippen molar-refractivity contribution in [3.8, 4) is 0 Å². The highest BCUT2D eigenvalue weighted by Crippen LogP contribution is 2.11. The number of ether oxygens (including phenoxy) is 2. The summed E-state index contributed by atoms with van der Waals surface area (Å²) in [6.45, 7) is 8.72. The first-order valence-corrected chi connectivity index (χ1v) is 9.30. The summed E-state index contributed by atoms with van der Waals surface area (Å²) in [5, 5.41) is 0. The van der Waals surface area contributed by atoms with Gasteiger partial charge < -0.3 is 9.47 Å². The fraction of sp³-hybridized carbons (Fsp3) is 0.895. The van der Waals surface area contributed by atoms with Crippen molar-refractivity contribution in [2.75, 3.05) is 6.61 Å². The second-order valence-electron chi connectivity index (χ2n) is 6.76. The monoisotopic (exact) mass is 328 g/mol. The molecule has 0 aliphatic heterocycles. The van der Waals surface area contributed by atoms with Crippen LogP contribution in [0.3, 0.4) is 0 Å². The zero-order chi connectivity index (χ0) is 17.5. The minimum absolute atomic E-state index is 0.0642. The average molecular weight is 328 g/mol. The number of hydrogen-bond acceptors (Lipinski definition) is 4. The highest BCUT2D eigenvalue weighted by molar-refractivity contribution is 5.77. The topological polar surface area (TPSA) is 52.6 Å². The molecule has 1 atom stereocenters. The zero-order valence-electron chi connectivity index (χ0n) is 15.6. The molecule has 0 aromatic carbocycles. The van der Waals surface area contributed by atoms with Crippen molar-refractivity contribution in [3.63, 3.8) is 0 Å². The van der Waals surface area contributed by atoms with Crippen LogP contribution in [0.5, 0.6) is 0 Å². The summed E-state index contributed by atoms with van der Waals surface area (Å²) in [7, 11) is 0. The van der Waals surface area contributed by atoms with E-state index in [1.807, 2.05) is 6.92 Å². The molecule has 0 heterocycles. The molecule has 0 aromatic rings. The van der Waals surface area contributed by atoms with Crippen LogP contribution >= 0.6 is 0 Å². The van der Waals surface area contributed by atoms with Gasteiger partial charge in [0.05, 0.1) is 25.6 Å². The molecule has 0 aliphatic carbocycles. The molecular formula is C19H36O4. The fourth-order valence-corrected chi connectivity index (χ4v) is 2.24. The summed E-state index contributed by atoms with van der Waals surface area (Å²) in [5.41, 5.74) is 0. The van der Waals surface area contributed by atoms with Gasteiger partial charge in [-0.3, -0.25) is 9.59 Å². The Kier molecular flexibility index (Phi) is 13.9. The summed E-state index contributed by atoms with van der Waals surface area (Å²) in [6, 6.07) is 0. The lowest BCUT2D eigenvalue weighted by Gasteiger charge is -2.13. The number of esters is 2. The van der Waals surface area contributed by atoms with E-state index in [1.54, 1.807) is 0 Å². The third-order valence-electron chi connectivity index (χ3n) is 3.79. The van der Waals surface area contributed by atoms with Crippen LogP contribution in [0.25, 0.3) is 0 Å². The summed E-state index contributed by atoms with van der Waals surface area (Å²) in [4.78, 5) is 23.2. The van der Waals surface area contributed by atoms with E-state index in [4.69, 9.17) is 9.47 Å². The number of rotatable bonds is 14. The Bertz CT molecular complexity index is 312. The van der Waals surface area contributed by atoms with Crippen LogP contribution in [-0.2, 0) is 19.1 Å². The van der Waals surface area contributed by atoms with Gasteiger partial charge in [-0.15, -0.1) is 0 Å². The van der Waals surface area contributed by atoms with E-state index in [1.165, 1.54) is 32.1 Å². The molecule has 0 radical (unpaired) electrons. The van der Waals surface area contributed by atoms with Gasteiger partial charge in [-0.05, 0) is 32.1 Å². The van der Waals surface area contributed by atoms with Crippen LogP contribution in [0, 0.1) is 5.92 Å². The lowest BCUT2D eigenvalue weighted by molar-refractivity contribution is -0.153. The molecule has 1 unspecified atom stereocenters. The van der Waals surface area contributed by atoms with E-state index in [9.17, 15) is 9.59 Å². The summed E-state index contributed by atoms with van der Waals surface area (Å²) < 4.78 is 10.4. The van der Waals surface area contributed by atoms with Crippen LogP contribution in [0.1, 0.15) is 91.9 Å². The molecular weight excluding hydrogens is 292 g/mol. The molecule has 0 amide bonds. The number of carbonyl (C=O) groups is 2. The SMILES string of the molecule is CCCCCCCCC(C)OC(=O)CCC(=O)OCCC(C)C. The lowest BCUT2D eigenvalue weighted by atomic mass is 10.1. The standard InChI is InChI=1S/C19H36O4/c1-5-6-7-8-9-10-11-17(4)23-19(21)13-12-18(20)22-15-14-16(2)3/h16-17H,5-15H2,1-4H3. The molecule has 0 bridgehead atoms. The summed E-state index contributed by atoms with van der Waals surface area (Å²) >= 11 is 0. The highest BCUT2D eigenvalue weighted by atomic mass is 16.5. The fourth-order valence-electron chi connectivity index (χ4n) is 2.24. The van der Waals surface area contributed by atoms with E-state index < -0.39 is 0 Å². The van der Waals surface area contributed by atoms with E-state index in [0.29, 0.717) is 12.5 Å². The molecule has 0 aliphatic rings. The van der Waals surface area contributed by atoms with Crippen LogP contribution in [0.2, 0.25) is 0 Å². The molecule has 0 saturated heterocycles. The maximum Gasteiger partial charge on any atom is 0.306 e. The molecule has 0 saturated carbocycles. The van der Waals surface area contributed by atoms with Gasteiger partial charge in [-0.2, -0.15) is 0 Å². The molecule has 136 valence electrons. The van der Waals surface area contributed by atoms with Gasteiger partial charge in [-0.25, -0.2) is 0 Å². The van der Waals surface area contributed by atoms with Crippen molar-refractivity contribution in [3.05, 3.63) is 0 Å². The van der Waals surface area contributed by atoms with Gasteiger partial charge in [0.1, 0.15) is 0 Å². The van der Waals surface area contributed by atoms with Crippen LogP contribution in [0.4, 0.5) is 0 Å². The Balaban J connectivity index is 3.58. The smallest absolute Gasteiger partial charge is 0.306 e. The van der Waals surface area contributed by atoms with Gasteiger partial charge in [0.15, 0.2) is 0 Å². The molecule has 0 spiro atoms. The van der Waals surface area contributed by atoms with Crippen LogP contribution in [0.15, 0.2) is 0 Å². The maximum absolute atomic E-state index is 11.7. The molecule has 4 nitrogen and oxygen atoms in total. The van der Waals surface area contributed by atoms with Crippen molar-refractivity contribution >= 4 is 11.9 Å². The Morgan fingerprint density at radius 3 is 2.09 bits per heavy atom. The zero-order valence-corrected chi connectivity index (χ0v) is 15.6. The Labute approximate surface area is 142 Å². The van der Waals surface area contributed by atoms with Crippen molar-refractivity contribution in [2.24, 2.45) is 5.92 Å². The number of unbranched alkanes of at least 4 members (excludes halogenated alkanes) is 5. The predicted octanol–water partition coefficient (Wildman–Crippen LogP) is 5.04. The van der Waals surface area contributed by atoms with E-state index in [0.717, 1.165) is 19.3 Å². The molecule has 0 rings (SSSR count). The first-order valence-electron chi connectivity index (χ1n) is 9.30. The Morgan fingerprint density at radius 1 is 0.826 bits per heavy atom. The molecule has 4 heteroatoms. The maximum atomic E-state index is 11.7. The lowest BCUT2D eigenvalue weighted by Crippen LogP contribution is -2.16. The second-order valence-corrected chi connectivity index (χ2v) is 6.76. The summed E-state index contributed by atoms with van der Waals surface area (Å²) in [5.74, 6) is -0.106. The van der Waals surface area contributed by atoms with Crippen molar-refractivity contribution in [2.45, 2.75) is 98.0 Å². The van der Waals surface area contributed by atoms with Crippen molar-refractivity contribution in [1.29, 1.82) is 0 Å². The van der Waals surface area contributed by atoms with E-state index in [2.05, 4.69) is 20.8 Å². The first kappa shape index (κ1) is 21.9. The minimum Gasteiger partial charge on any atom is -0.466 e. The third kappa shape index (κ3) is 15.6. The largest absolute Gasteiger partial charge is 0.466 e. The first-order chi connectivity index (χ1) is 11.0. The predicted molar refractivity (Wildman–Crippen MR) is 93.2 cm³/mol. The van der Waals surface area contributed by atoms with E-state index in [-0.39, 0.29) is 30.9 Å². The third-order valence-corrected chi connectivity index (χ3v) is 3.79. The van der Waals surface area contributed by atoms with Gasteiger partial charge in [0.2, 0.25) is 0 Å². The van der Waals surface area contributed by atoms with Crippen LogP contribution < -0.4 is 0 Å². The van der Waals surface area contributed by atoms with Crippen LogP contribution in [-0.4, -0.2) is 24.6 Å². The van der Waals surface area contributed by atoms with E-state index >= 15 is 0 Å². The molecule has 0 N–H and O–H groups in total. The van der Waals surface area contributed by atoms with Gasteiger partial charge in [0.25, 0.3) is 0 Å². The molecule has 23 heavy (non-hydrogen) atoms. The second kappa shape index (κ2) is 14.5. The van der Waals surface area contributed by atoms with Crippen molar-refractivity contribution < 1.29 is 19.1 Å². The molecule has 0 fully saturated rings. The quantitative estimate of drug-likeness (QED) is 0.331. The number of carbonyl (C=O) groups excluding carboxylic acids is 2. The summed E-state index contributed by atoms with van der Waals surface area (Å²) in [6.07, 6.45) is 9.32. The average Bonchev–Trinajstić information content (AvgIpc) is 2.48.